The van der Waals surface area contributed by atoms with Gasteiger partial charge in [-0.3, -0.25) is 54.9 Å². The zero-order valence-electron chi connectivity index (χ0n) is 50.6. The molecule has 0 aliphatic carbocycles. The highest BCUT2D eigenvalue weighted by Gasteiger charge is 2.07. The van der Waals surface area contributed by atoms with E-state index < -0.39 is 21.7 Å². The number of ketones is 1. The lowest BCUT2D eigenvalue weighted by molar-refractivity contribution is 0.0696. The second-order valence-corrected chi connectivity index (χ2v) is 19.8. The van der Waals surface area contributed by atoms with E-state index in [-0.39, 0.29) is 22.1 Å². The van der Waals surface area contributed by atoms with Crippen LogP contribution in [-0.4, -0.2) is 138 Å². The number of carbonyl (C=O) groups is 3. The van der Waals surface area contributed by atoms with Crippen molar-refractivity contribution < 1.29 is 27.9 Å². The van der Waals surface area contributed by atoms with Crippen LogP contribution in [0.2, 0.25) is 0 Å². The molecule has 1 amide bonds. The number of hydrogen-bond donors (Lipinski definition) is 5. The number of rotatable bonds is 16. The average Bonchev–Trinajstić information content (AvgIpc) is 2.85. The van der Waals surface area contributed by atoms with E-state index >= 15 is 0 Å². The van der Waals surface area contributed by atoms with Gasteiger partial charge in [-0.2, -0.15) is 10.5 Å². The van der Waals surface area contributed by atoms with Crippen LogP contribution in [0, 0.1) is 16.7 Å². The Morgan fingerprint density at radius 2 is 0.989 bits per heavy atom. The number of benzene rings is 8. The molecule has 0 atom stereocenters. The van der Waals surface area contributed by atoms with E-state index in [1.165, 1.54) is 30.6 Å². The maximum absolute atomic E-state index is 11.2. The molecule has 27 heteroatoms. The van der Waals surface area contributed by atoms with Crippen LogP contribution in [0.25, 0.3) is 17.1 Å². The van der Waals surface area contributed by atoms with E-state index in [4.69, 9.17) is 27.2 Å². The fourth-order valence-electron chi connectivity index (χ4n) is 6.78. The average molecular weight is 1270 g/mol. The Morgan fingerprint density at radius 3 is 1.44 bits per heavy atom. The number of carbonyl (C=O) groups excluding carboxylic acids is 2. The third-order valence-electron chi connectivity index (χ3n) is 11.4. The fraction of sp³-hybridized carbons (Fsp3) is 0.0455. The summed E-state index contributed by atoms with van der Waals surface area (Å²) in [7, 11) is -3.12. The SMILES string of the molecule is C=Nc1cccc(-c2nn[nH]n2)c1.C=Nc1cccc(-n2cnnn2)c1.C=Nc1cccc(C#N)c1.C=Nc1cccc(C(=N)N)c1.C=Nc1cccc(C(=O)CC)c1.C=Nc1cccc(C(=O)O)c1.C=Nc1cccc(C(N)=O)c1.C=Nc1cccc(S(C)(=O)=O)c1. The molecule has 8 aromatic carbocycles. The normalized spacial score (nSPS) is 9.52. The maximum Gasteiger partial charge on any atom is 0.335 e. The highest BCUT2D eigenvalue weighted by atomic mass is 32.2. The quantitative estimate of drug-likeness (QED) is 0.0341. The Morgan fingerprint density at radius 1 is 0.570 bits per heavy atom. The third kappa shape index (κ3) is 27.2. The number of nitrogen functional groups attached to an aromatic ring is 1. The molecule has 0 aliphatic heterocycles. The minimum Gasteiger partial charge on any atom is -0.478 e. The van der Waals surface area contributed by atoms with Crippen molar-refractivity contribution in [3.8, 4) is 23.1 Å². The van der Waals surface area contributed by atoms with Crippen LogP contribution in [-0.2, 0) is 9.84 Å². The number of nitriles is 1. The number of aliphatic imine (C=N–C) groups is 8. The van der Waals surface area contributed by atoms with E-state index in [2.05, 4.69) is 130 Å². The summed E-state index contributed by atoms with van der Waals surface area (Å²) in [6.45, 7) is 28.8. The molecule has 0 spiro atoms. The summed E-state index contributed by atoms with van der Waals surface area (Å²) < 4.78 is 23.6. The zero-order valence-corrected chi connectivity index (χ0v) is 51.4. The molecular weight excluding hydrogens is 1200 g/mol. The smallest absolute Gasteiger partial charge is 0.335 e. The van der Waals surface area contributed by atoms with E-state index in [1.807, 2.05) is 73.7 Å². The highest BCUT2D eigenvalue weighted by molar-refractivity contribution is 7.90. The fourth-order valence-corrected chi connectivity index (χ4v) is 7.44. The molecule has 0 bridgehead atoms. The van der Waals surface area contributed by atoms with Crippen LogP contribution in [0.15, 0.2) is 245 Å². The Kier molecular flexibility index (Phi) is 32.1. The monoisotopic (exact) mass is 1260 g/mol. The number of amidine groups is 1. The largest absolute Gasteiger partial charge is 0.478 e. The minimum atomic E-state index is -3.12. The molecule has 0 aliphatic rings. The first-order valence-corrected chi connectivity index (χ1v) is 28.6. The van der Waals surface area contributed by atoms with Gasteiger partial charge in [0.05, 0.1) is 73.3 Å². The number of nitrogens with two attached hydrogens (primary N) is 2. The van der Waals surface area contributed by atoms with Gasteiger partial charge in [-0.1, -0.05) is 73.7 Å². The van der Waals surface area contributed by atoms with E-state index in [9.17, 15) is 22.8 Å². The van der Waals surface area contributed by atoms with Crippen LogP contribution >= 0.6 is 0 Å². The molecule has 0 unspecified atom stereocenters. The van der Waals surface area contributed by atoms with Crippen molar-refractivity contribution in [2.45, 2.75) is 18.2 Å². The second kappa shape index (κ2) is 40.3. The number of Topliss-reactive ketones (excluding diaryl/α,β-unsaturated/α-hetero) is 1. The summed E-state index contributed by atoms with van der Waals surface area (Å²) in [6, 6.07) is 57.6. The van der Waals surface area contributed by atoms with Crippen LogP contribution < -0.4 is 11.5 Å². The van der Waals surface area contributed by atoms with Gasteiger partial charge in [0.2, 0.25) is 11.7 Å². The Bertz CT molecular complexity index is 4110. The number of aromatic amines is 1. The number of amides is 1. The number of primary amides is 1. The molecule has 2 heterocycles. The lowest BCUT2D eigenvalue weighted by atomic mass is 10.1. The van der Waals surface area contributed by atoms with Gasteiger partial charge >= 0.3 is 5.97 Å². The summed E-state index contributed by atoms with van der Waals surface area (Å²) in [4.78, 5) is 62.2. The first-order valence-electron chi connectivity index (χ1n) is 26.7. The number of sulfone groups is 1. The number of aromatic carboxylic acids is 1. The predicted molar refractivity (Wildman–Crippen MR) is 370 cm³/mol. The molecule has 470 valence electrons. The topological polar surface area (TPSA) is 402 Å². The van der Waals surface area contributed by atoms with Crippen LogP contribution in [0.4, 0.5) is 45.5 Å². The summed E-state index contributed by atoms with van der Waals surface area (Å²) >= 11 is 0. The van der Waals surface area contributed by atoms with Crippen molar-refractivity contribution in [1.29, 1.82) is 10.7 Å². The summed E-state index contributed by atoms with van der Waals surface area (Å²) in [5.74, 6) is -0.646. The van der Waals surface area contributed by atoms with E-state index in [0.29, 0.717) is 51.6 Å². The van der Waals surface area contributed by atoms with Crippen LogP contribution in [0.1, 0.15) is 55.5 Å². The van der Waals surface area contributed by atoms with Crippen molar-refractivity contribution in [3.63, 3.8) is 0 Å². The molecule has 10 aromatic rings. The van der Waals surface area contributed by atoms with Crippen LogP contribution in [0.5, 0.6) is 0 Å². The van der Waals surface area contributed by atoms with Gasteiger partial charge in [0, 0.05) is 34.9 Å². The molecule has 7 N–H and O–H groups in total. The van der Waals surface area contributed by atoms with Crippen molar-refractivity contribution in [2.75, 3.05) is 6.26 Å². The lowest BCUT2D eigenvalue weighted by Crippen LogP contribution is -2.10. The number of nitrogens with one attached hydrogen (secondary N) is 2. The molecule has 26 nitrogen and oxygen atoms in total. The van der Waals surface area contributed by atoms with E-state index in [1.54, 1.807) is 114 Å². The number of aromatic nitrogens is 8. The van der Waals surface area contributed by atoms with Crippen LogP contribution in [0.3, 0.4) is 0 Å². The van der Waals surface area contributed by atoms with Gasteiger partial charge in [-0.25, -0.2) is 17.9 Å². The van der Waals surface area contributed by atoms with Gasteiger partial charge in [0.15, 0.2) is 15.6 Å². The first kappa shape index (κ1) is 74.0. The Labute approximate surface area is 536 Å². The van der Waals surface area contributed by atoms with E-state index in [0.717, 1.165) is 45.9 Å². The van der Waals surface area contributed by atoms with Gasteiger partial charge in [-0.15, -0.1) is 15.3 Å². The number of nitrogens with zero attached hydrogens (tertiary/aromatic N) is 16. The summed E-state index contributed by atoms with van der Waals surface area (Å²) in [5.41, 5.74) is 20.3. The zero-order chi connectivity index (χ0) is 68.6. The predicted octanol–water partition coefficient (Wildman–Crippen LogP) is 12.3. The summed E-state index contributed by atoms with van der Waals surface area (Å²) in [5, 5.41) is 48.5. The second-order valence-electron chi connectivity index (χ2n) is 17.8. The number of H-pyrrole nitrogens is 1. The molecular formula is C66H64N20O6S. The Balaban J connectivity index is 0.000000278. The number of hydrogen-bond acceptors (Lipinski definition) is 21. The van der Waals surface area contributed by atoms with Gasteiger partial charge in [-0.05, 0) is 197 Å². The van der Waals surface area contributed by atoms with Gasteiger partial charge in [0.1, 0.15) is 12.2 Å². The first-order chi connectivity index (χ1) is 44.7. The number of carboxylic acids is 1. The number of carboxylic acid groups (broad SMARTS) is 1. The van der Waals surface area contributed by atoms with Crippen molar-refractivity contribution in [2.24, 2.45) is 51.4 Å². The number of tetrazole rings is 2. The molecule has 0 saturated heterocycles. The minimum absolute atomic E-state index is 0.0514. The molecule has 0 fully saturated rings. The molecule has 0 radical (unpaired) electrons. The van der Waals surface area contributed by atoms with Gasteiger partial charge in [0.25, 0.3) is 0 Å². The molecule has 10 rings (SSSR count). The van der Waals surface area contributed by atoms with Crippen molar-refractivity contribution >= 4 is 133 Å². The standard InChI is InChI=1S/C10H11NO.2C8H7N5.C8H9N3.C8H8N2O.C8H6N2.C8H9NO2S.C8H7NO2/c1-3-10(12)8-5-4-6-9(7-8)11-2;1-9-7-3-2-4-8(5-7)13-6-10-11-12-13;1-9-7-4-2-3-6(5-7)8-10-12-13-11-8;1-11-7-4-2-3-6(5-7)8(9)10;1-10-7-4-2-3-6(5-7)8(9)11;1-10-8-4-2-3-7(5-8)6-9;1-9-7-4-3-5-8(6-7)12(2,10)11;1-9-7-4-2-3-6(5-7)8(10)11/h4-7H,2-3H2,1H3;2-6H,1H2;2-5H,1H2,(H,10,11,12,13);2-5H,1H2,(H3,9,10);2-5H,1H2,(H2,9,11);2-5H,1H2;3-6H,1H2,2H3;2-5H,1H2,(H,10,11). The van der Waals surface area contributed by atoms with Crippen molar-refractivity contribution in [3.05, 3.63) is 228 Å². The third-order valence-corrected chi connectivity index (χ3v) is 12.6. The molecule has 2 aromatic heterocycles. The molecule has 93 heavy (non-hydrogen) atoms. The summed E-state index contributed by atoms with van der Waals surface area (Å²) in [6.07, 6.45) is 3.22. The maximum atomic E-state index is 11.2. The highest BCUT2D eigenvalue weighted by Crippen LogP contribution is 2.21. The van der Waals surface area contributed by atoms with Crippen molar-refractivity contribution in [1.82, 2.24) is 40.8 Å². The van der Waals surface area contributed by atoms with Gasteiger partial charge < -0.3 is 16.6 Å². The Hall–Kier alpha value is -13.2. The lowest BCUT2D eigenvalue weighted by Gasteiger charge is -1.98. The molecule has 0 saturated carbocycles.